The molecule has 0 amide bonds. The maximum Gasteiger partial charge on any atom is 0.274 e. The van der Waals surface area contributed by atoms with Crippen LogP contribution in [0.2, 0.25) is 0 Å². The van der Waals surface area contributed by atoms with Gasteiger partial charge in [0.05, 0.1) is 0 Å². The van der Waals surface area contributed by atoms with Gasteiger partial charge in [0.1, 0.15) is 0 Å². The molecule has 1 unspecified atom stereocenters. The number of hydrogen-bond donors (Lipinski definition) is 1. The minimum absolute atomic E-state index is 0.0201. The quantitative estimate of drug-likeness (QED) is 0.868. The van der Waals surface area contributed by atoms with Crippen molar-refractivity contribution in [3.8, 4) is 0 Å². The minimum atomic E-state index is -2.69. The third-order valence-corrected chi connectivity index (χ3v) is 4.19. The summed E-state index contributed by atoms with van der Waals surface area (Å²) in [4.78, 5) is 0. The second-order valence-electron chi connectivity index (χ2n) is 5.54. The molecule has 98 valence electrons. The predicted molar refractivity (Wildman–Crippen MR) is 68.0 cm³/mol. The first kappa shape index (κ1) is 12.1. The van der Waals surface area contributed by atoms with Crippen molar-refractivity contribution in [3.63, 3.8) is 0 Å². The molecule has 1 aliphatic heterocycles. The molecule has 0 saturated carbocycles. The third kappa shape index (κ3) is 2.28. The average molecular weight is 251 g/mol. The standard InChI is InChI=1S/C15H19F2N/c16-15(17,10-14-5-2-8-18-14)13-7-6-11-3-1-4-12(11)9-13/h6-7,9,14,18H,1-5,8,10H2. The molecule has 0 bridgehead atoms. The molecule has 2 aliphatic rings. The highest BCUT2D eigenvalue weighted by atomic mass is 19.3. The van der Waals surface area contributed by atoms with Gasteiger partial charge in [-0.1, -0.05) is 12.1 Å². The summed E-state index contributed by atoms with van der Waals surface area (Å²) < 4.78 is 28.5. The van der Waals surface area contributed by atoms with Crippen molar-refractivity contribution in [3.05, 3.63) is 34.9 Å². The molecule has 1 fully saturated rings. The Kier molecular flexibility index (Phi) is 3.10. The van der Waals surface area contributed by atoms with Gasteiger partial charge < -0.3 is 5.32 Å². The van der Waals surface area contributed by atoms with Gasteiger partial charge in [0.15, 0.2) is 0 Å². The number of halogens is 2. The number of rotatable bonds is 3. The number of nitrogens with one attached hydrogen (secondary N) is 1. The van der Waals surface area contributed by atoms with E-state index in [0.717, 1.165) is 44.2 Å². The van der Waals surface area contributed by atoms with E-state index >= 15 is 0 Å². The summed E-state index contributed by atoms with van der Waals surface area (Å²) in [7, 11) is 0. The van der Waals surface area contributed by atoms with Gasteiger partial charge in [0.25, 0.3) is 5.92 Å². The smallest absolute Gasteiger partial charge is 0.274 e. The van der Waals surface area contributed by atoms with E-state index < -0.39 is 5.92 Å². The van der Waals surface area contributed by atoms with Crippen molar-refractivity contribution in [2.75, 3.05) is 6.54 Å². The van der Waals surface area contributed by atoms with Gasteiger partial charge in [-0.05, 0) is 55.8 Å². The van der Waals surface area contributed by atoms with Crippen LogP contribution in [0.3, 0.4) is 0 Å². The first-order valence-corrected chi connectivity index (χ1v) is 6.89. The van der Waals surface area contributed by atoms with E-state index in [-0.39, 0.29) is 18.0 Å². The van der Waals surface area contributed by atoms with Crippen molar-refractivity contribution in [2.45, 2.75) is 50.5 Å². The molecule has 1 heterocycles. The summed E-state index contributed by atoms with van der Waals surface area (Å²) in [5.74, 6) is -2.69. The molecular formula is C15H19F2N. The Labute approximate surface area is 107 Å². The molecule has 0 aromatic heterocycles. The van der Waals surface area contributed by atoms with E-state index in [1.54, 1.807) is 12.1 Å². The molecule has 1 aromatic carbocycles. The number of fused-ring (bicyclic) bond motifs is 1. The number of benzene rings is 1. The average Bonchev–Trinajstić information content (AvgIpc) is 2.97. The van der Waals surface area contributed by atoms with E-state index in [1.165, 1.54) is 5.56 Å². The second-order valence-corrected chi connectivity index (χ2v) is 5.54. The fourth-order valence-corrected chi connectivity index (χ4v) is 3.16. The van der Waals surface area contributed by atoms with Crippen LogP contribution in [0.25, 0.3) is 0 Å². The normalized spacial score (nSPS) is 23.3. The second kappa shape index (κ2) is 4.61. The zero-order valence-electron chi connectivity index (χ0n) is 10.5. The van der Waals surface area contributed by atoms with Crippen LogP contribution in [-0.2, 0) is 18.8 Å². The number of alkyl halides is 2. The van der Waals surface area contributed by atoms with E-state index in [1.807, 2.05) is 6.07 Å². The van der Waals surface area contributed by atoms with E-state index in [2.05, 4.69) is 5.32 Å². The summed E-state index contributed by atoms with van der Waals surface area (Å²) in [6.07, 6.45) is 4.94. The van der Waals surface area contributed by atoms with Crippen LogP contribution in [0.4, 0.5) is 8.78 Å². The van der Waals surface area contributed by atoms with Gasteiger partial charge in [-0.3, -0.25) is 0 Å². The van der Waals surface area contributed by atoms with Crippen LogP contribution in [0.15, 0.2) is 18.2 Å². The molecule has 1 aliphatic carbocycles. The molecule has 0 radical (unpaired) electrons. The van der Waals surface area contributed by atoms with Crippen LogP contribution in [-0.4, -0.2) is 12.6 Å². The Morgan fingerprint density at radius 2 is 2.00 bits per heavy atom. The maximum atomic E-state index is 14.2. The lowest BCUT2D eigenvalue weighted by atomic mass is 9.97. The Balaban J connectivity index is 1.79. The van der Waals surface area contributed by atoms with Gasteiger partial charge in [-0.15, -0.1) is 0 Å². The van der Waals surface area contributed by atoms with Crippen LogP contribution >= 0.6 is 0 Å². The monoisotopic (exact) mass is 251 g/mol. The fourth-order valence-electron chi connectivity index (χ4n) is 3.16. The van der Waals surface area contributed by atoms with Crippen LogP contribution in [0, 0.1) is 0 Å². The fraction of sp³-hybridized carbons (Fsp3) is 0.600. The highest BCUT2D eigenvalue weighted by Crippen LogP contribution is 2.36. The highest BCUT2D eigenvalue weighted by molar-refractivity contribution is 5.37. The van der Waals surface area contributed by atoms with Gasteiger partial charge in [-0.2, -0.15) is 0 Å². The van der Waals surface area contributed by atoms with E-state index in [0.29, 0.717) is 0 Å². The van der Waals surface area contributed by atoms with Gasteiger partial charge in [-0.25, -0.2) is 8.78 Å². The highest BCUT2D eigenvalue weighted by Gasteiger charge is 2.36. The maximum absolute atomic E-state index is 14.2. The van der Waals surface area contributed by atoms with Crippen LogP contribution < -0.4 is 5.32 Å². The van der Waals surface area contributed by atoms with Gasteiger partial charge in [0.2, 0.25) is 0 Å². The zero-order valence-corrected chi connectivity index (χ0v) is 10.5. The molecule has 1 aromatic rings. The van der Waals surface area contributed by atoms with Crippen molar-refractivity contribution < 1.29 is 8.78 Å². The summed E-state index contributed by atoms with van der Waals surface area (Å²) in [6, 6.07) is 5.23. The van der Waals surface area contributed by atoms with Crippen molar-refractivity contribution in [1.29, 1.82) is 0 Å². The third-order valence-electron chi connectivity index (χ3n) is 4.19. The lowest BCUT2D eigenvalue weighted by molar-refractivity contribution is -0.0213. The number of aryl methyl sites for hydroxylation is 2. The molecular weight excluding hydrogens is 232 g/mol. The molecule has 1 N–H and O–H groups in total. The zero-order chi connectivity index (χ0) is 12.6. The number of hydrogen-bond acceptors (Lipinski definition) is 1. The van der Waals surface area contributed by atoms with Crippen molar-refractivity contribution in [1.82, 2.24) is 5.32 Å². The summed E-state index contributed by atoms with van der Waals surface area (Å²) in [5.41, 5.74) is 2.59. The summed E-state index contributed by atoms with van der Waals surface area (Å²) in [5, 5.41) is 3.15. The van der Waals surface area contributed by atoms with Gasteiger partial charge in [0, 0.05) is 18.0 Å². The van der Waals surface area contributed by atoms with Gasteiger partial charge >= 0.3 is 0 Å². The van der Waals surface area contributed by atoms with Crippen molar-refractivity contribution >= 4 is 0 Å². The van der Waals surface area contributed by atoms with E-state index in [9.17, 15) is 8.78 Å². The van der Waals surface area contributed by atoms with E-state index in [4.69, 9.17) is 0 Å². The summed E-state index contributed by atoms with van der Waals surface area (Å²) >= 11 is 0. The Morgan fingerprint density at radius 1 is 1.17 bits per heavy atom. The first-order valence-electron chi connectivity index (χ1n) is 6.89. The Bertz CT molecular complexity index is 436. The molecule has 1 saturated heterocycles. The molecule has 1 nitrogen and oxygen atoms in total. The molecule has 1 atom stereocenters. The van der Waals surface area contributed by atoms with Crippen molar-refractivity contribution in [2.24, 2.45) is 0 Å². The molecule has 3 rings (SSSR count). The molecule has 0 spiro atoms. The molecule has 18 heavy (non-hydrogen) atoms. The first-order chi connectivity index (χ1) is 8.65. The summed E-state index contributed by atoms with van der Waals surface area (Å²) in [6.45, 7) is 0.880. The molecule has 3 heteroatoms. The lowest BCUT2D eigenvalue weighted by Gasteiger charge is -2.21. The van der Waals surface area contributed by atoms with Crippen LogP contribution in [0.1, 0.15) is 42.4 Å². The Morgan fingerprint density at radius 3 is 2.78 bits per heavy atom. The topological polar surface area (TPSA) is 12.0 Å². The SMILES string of the molecule is FC(F)(CC1CCCN1)c1ccc2c(c1)CCC2. The lowest BCUT2D eigenvalue weighted by Crippen LogP contribution is -2.29. The Hall–Kier alpha value is -0.960. The largest absolute Gasteiger partial charge is 0.314 e. The van der Waals surface area contributed by atoms with Crippen LogP contribution in [0.5, 0.6) is 0 Å². The predicted octanol–water partition coefficient (Wildman–Crippen LogP) is 3.41. The minimum Gasteiger partial charge on any atom is -0.314 e.